The number of benzene rings is 2. The molecule has 2 aromatic carbocycles. The van der Waals surface area contributed by atoms with Gasteiger partial charge >= 0.3 is 0 Å². The third-order valence-electron chi connectivity index (χ3n) is 4.47. The summed E-state index contributed by atoms with van der Waals surface area (Å²) in [6, 6.07) is 13.6. The fourth-order valence-corrected chi connectivity index (χ4v) is 3.42. The summed E-state index contributed by atoms with van der Waals surface area (Å²) in [4.78, 5) is 2.05. The highest BCUT2D eigenvalue weighted by atomic mass is 35.5. The topological polar surface area (TPSA) is 23.5 Å². The predicted molar refractivity (Wildman–Crippen MR) is 103 cm³/mol. The summed E-state index contributed by atoms with van der Waals surface area (Å²) in [6.45, 7) is 4.62. The van der Waals surface area contributed by atoms with Crippen molar-refractivity contribution in [1.29, 1.82) is 0 Å². The van der Waals surface area contributed by atoms with Crippen molar-refractivity contribution in [3.63, 3.8) is 0 Å². The van der Waals surface area contributed by atoms with Crippen molar-refractivity contribution in [2.45, 2.75) is 19.4 Å². The van der Waals surface area contributed by atoms with Crippen molar-refractivity contribution in [3.8, 4) is 0 Å². The van der Waals surface area contributed by atoms with Crippen LogP contribution in [-0.4, -0.2) is 30.6 Å². The van der Waals surface area contributed by atoms with Crippen LogP contribution in [0.5, 0.6) is 0 Å². The molecule has 0 bridgehead atoms. The van der Waals surface area contributed by atoms with Crippen LogP contribution in [-0.2, 0) is 5.60 Å². The van der Waals surface area contributed by atoms with E-state index < -0.39 is 5.60 Å². The molecule has 2 nitrogen and oxygen atoms in total. The van der Waals surface area contributed by atoms with Gasteiger partial charge in [0.05, 0.1) is 0 Å². The molecule has 0 aliphatic heterocycles. The Bertz CT molecular complexity index is 742. The molecule has 0 aliphatic rings. The predicted octanol–water partition coefficient (Wildman–Crippen LogP) is 4.97. The van der Waals surface area contributed by atoms with Crippen molar-refractivity contribution in [2.75, 3.05) is 20.6 Å². The van der Waals surface area contributed by atoms with E-state index in [0.717, 1.165) is 16.7 Å². The van der Waals surface area contributed by atoms with Crippen LogP contribution >= 0.6 is 11.6 Å². The Hall–Kier alpha value is -1.68. The molecular weight excluding hydrogens is 337 g/mol. The van der Waals surface area contributed by atoms with Crippen LogP contribution in [0, 0.1) is 11.7 Å². The number of aliphatic hydroxyl groups is 1. The van der Waals surface area contributed by atoms with E-state index in [9.17, 15) is 9.50 Å². The molecular formula is C21H25ClFNO. The highest BCUT2D eigenvalue weighted by molar-refractivity contribution is 6.30. The highest BCUT2D eigenvalue weighted by Crippen LogP contribution is 2.39. The molecule has 4 heteroatoms. The van der Waals surface area contributed by atoms with E-state index in [2.05, 4.69) is 0 Å². The second kappa shape index (κ2) is 8.13. The quantitative estimate of drug-likeness (QED) is 0.785. The summed E-state index contributed by atoms with van der Waals surface area (Å²) < 4.78 is 13.1. The van der Waals surface area contributed by atoms with Gasteiger partial charge in [-0.05, 0) is 62.0 Å². The summed E-state index contributed by atoms with van der Waals surface area (Å²) in [5.74, 6) is -0.349. The zero-order chi connectivity index (χ0) is 18.6. The van der Waals surface area contributed by atoms with Gasteiger partial charge in [0.25, 0.3) is 0 Å². The molecule has 134 valence electrons. The van der Waals surface area contributed by atoms with Crippen molar-refractivity contribution in [2.24, 2.45) is 5.92 Å². The standard InChI is InChI=1S/C21H25ClFNO/c1-15(12-17-8-10-20(23)11-9-17)21(25,16(2)14-24(3)4)18-6-5-7-19(22)13-18/h5-13,16,25H,14H2,1-4H3/b15-12-. The molecule has 0 heterocycles. The summed E-state index contributed by atoms with van der Waals surface area (Å²) in [5, 5.41) is 12.3. The number of hydrogen-bond acceptors (Lipinski definition) is 2. The molecule has 2 unspecified atom stereocenters. The first-order valence-corrected chi connectivity index (χ1v) is 8.68. The maximum Gasteiger partial charge on any atom is 0.123 e. The van der Waals surface area contributed by atoms with Gasteiger partial charge in [-0.15, -0.1) is 0 Å². The van der Waals surface area contributed by atoms with E-state index in [4.69, 9.17) is 11.6 Å². The van der Waals surface area contributed by atoms with Gasteiger partial charge in [-0.2, -0.15) is 0 Å². The molecule has 0 amide bonds. The van der Waals surface area contributed by atoms with Gasteiger partial charge in [0, 0.05) is 17.5 Å². The molecule has 0 aromatic heterocycles. The lowest BCUT2D eigenvalue weighted by atomic mass is 9.76. The monoisotopic (exact) mass is 361 g/mol. The third kappa shape index (κ3) is 4.69. The lowest BCUT2D eigenvalue weighted by molar-refractivity contribution is 0.0105. The van der Waals surface area contributed by atoms with E-state index in [1.165, 1.54) is 12.1 Å². The van der Waals surface area contributed by atoms with E-state index in [1.807, 2.05) is 51.1 Å². The van der Waals surface area contributed by atoms with Crippen LogP contribution in [0.2, 0.25) is 5.02 Å². The van der Waals surface area contributed by atoms with Gasteiger partial charge in [0.1, 0.15) is 11.4 Å². The van der Waals surface area contributed by atoms with E-state index in [-0.39, 0.29) is 11.7 Å². The van der Waals surface area contributed by atoms with Gasteiger partial charge in [0.2, 0.25) is 0 Å². The number of rotatable bonds is 6. The Morgan fingerprint density at radius 3 is 2.44 bits per heavy atom. The zero-order valence-electron chi connectivity index (χ0n) is 15.1. The molecule has 25 heavy (non-hydrogen) atoms. The molecule has 0 spiro atoms. The van der Waals surface area contributed by atoms with Crippen molar-refractivity contribution in [3.05, 3.63) is 76.1 Å². The summed E-state index contributed by atoms with van der Waals surface area (Å²) in [7, 11) is 3.96. The molecule has 0 saturated heterocycles. The Labute approximate surface area is 154 Å². The first-order chi connectivity index (χ1) is 11.7. The minimum absolute atomic E-state index is 0.0716. The fourth-order valence-electron chi connectivity index (χ4n) is 3.23. The van der Waals surface area contributed by atoms with Crippen LogP contribution in [0.4, 0.5) is 4.39 Å². The smallest absolute Gasteiger partial charge is 0.123 e. The number of nitrogens with zero attached hydrogens (tertiary/aromatic N) is 1. The molecule has 2 rings (SSSR count). The van der Waals surface area contributed by atoms with Crippen LogP contribution in [0.1, 0.15) is 25.0 Å². The second-order valence-corrected chi connectivity index (χ2v) is 7.26. The SMILES string of the molecule is C/C(=C/c1ccc(F)cc1)C(O)(c1cccc(Cl)c1)C(C)CN(C)C. The molecule has 2 atom stereocenters. The Morgan fingerprint density at radius 1 is 1.24 bits per heavy atom. The fraction of sp³-hybridized carbons (Fsp3) is 0.333. The van der Waals surface area contributed by atoms with Crippen molar-refractivity contribution < 1.29 is 9.50 Å². The number of halogens is 2. The van der Waals surface area contributed by atoms with E-state index >= 15 is 0 Å². The Morgan fingerprint density at radius 2 is 1.88 bits per heavy atom. The second-order valence-electron chi connectivity index (χ2n) is 6.82. The molecule has 0 aliphatic carbocycles. The zero-order valence-corrected chi connectivity index (χ0v) is 15.9. The lowest BCUT2D eigenvalue weighted by Crippen LogP contribution is -2.40. The maximum atomic E-state index is 13.1. The summed E-state index contributed by atoms with van der Waals surface area (Å²) >= 11 is 6.16. The Balaban J connectivity index is 2.51. The van der Waals surface area contributed by atoms with Crippen LogP contribution in [0.15, 0.2) is 54.1 Å². The Kier molecular flexibility index (Phi) is 6.39. The van der Waals surface area contributed by atoms with Gasteiger partial charge < -0.3 is 10.0 Å². The maximum absolute atomic E-state index is 13.1. The normalized spacial score (nSPS) is 15.9. The van der Waals surface area contributed by atoms with Crippen molar-refractivity contribution in [1.82, 2.24) is 4.90 Å². The minimum Gasteiger partial charge on any atom is -0.380 e. The van der Waals surface area contributed by atoms with Gasteiger partial charge in [-0.1, -0.05) is 48.9 Å². The van der Waals surface area contributed by atoms with E-state index in [1.54, 1.807) is 24.3 Å². The lowest BCUT2D eigenvalue weighted by Gasteiger charge is -2.37. The molecule has 0 fully saturated rings. The van der Waals surface area contributed by atoms with Gasteiger partial charge in [0.15, 0.2) is 0 Å². The van der Waals surface area contributed by atoms with E-state index in [0.29, 0.717) is 11.6 Å². The van der Waals surface area contributed by atoms with Crippen molar-refractivity contribution >= 4 is 17.7 Å². The molecule has 1 N–H and O–H groups in total. The summed E-state index contributed by atoms with van der Waals surface area (Å²) in [6.07, 6.45) is 1.90. The van der Waals surface area contributed by atoms with Crippen LogP contribution < -0.4 is 0 Å². The third-order valence-corrected chi connectivity index (χ3v) is 4.71. The average molecular weight is 362 g/mol. The van der Waals surface area contributed by atoms with Crippen LogP contribution in [0.3, 0.4) is 0 Å². The van der Waals surface area contributed by atoms with Gasteiger partial charge in [-0.3, -0.25) is 0 Å². The largest absolute Gasteiger partial charge is 0.380 e. The minimum atomic E-state index is -1.18. The molecule has 2 aromatic rings. The first kappa shape index (κ1) is 19.6. The molecule has 0 radical (unpaired) electrons. The average Bonchev–Trinajstić information content (AvgIpc) is 2.55. The van der Waals surface area contributed by atoms with Gasteiger partial charge in [-0.25, -0.2) is 4.39 Å². The highest BCUT2D eigenvalue weighted by Gasteiger charge is 2.37. The first-order valence-electron chi connectivity index (χ1n) is 8.31. The molecule has 0 saturated carbocycles. The number of hydrogen-bond donors (Lipinski definition) is 1. The summed E-state index contributed by atoms with van der Waals surface area (Å²) in [5.41, 5.74) is 1.21. The van der Waals surface area contributed by atoms with Crippen LogP contribution in [0.25, 0.3) is 6.08 Å².